The molecule has 1 aromatic heterocycles. The number of hydrogen-bond acceptors (Lipinski definition) is 9. The molecule has 1 aliphatic rings. The van der Waals surface area contributed by atoms with E-state index in [1.807, 2.05) is 7.05 Å². The largest absolute Gasteiger partial charge is 0.755 e. The van der Waals surface area contributed by atoms with Crippen LogP contribution in [0, 0.1) is 13.8 Å². The summed E-state index contributed by atoms with van der Waals surface area (Å²) in [6.07, 6.45) is -2.41. The van der Waals surface area contributed by atoms with Gasteiger partial charge < -0.3 is 34.4 Å². The first-order chi connectivity index (χ1) is 20.8. The molecule has 0 spiro atoms. The molecule has 0 bridgehead atoms. The van der Waals surface area contributed by atoms with Gasteiger partial charge in [0.15, 0.2) is 0 Å². The normalized spacial score (nSPS) is 15.0. The summed E-state index contributed by atoms with van der Waals surface area (Å²) in [5.41, 5.74) is 1.83. The van der Waals surface area contributed by atoms with Gasteiger partial charge in [-0.15, -0.1) is 0 Å². The molecule has 3 N–H and O–H groups in total. The third-order valence-electron chi connectivity index (χ3n) is 7.44. The second-order valence-electron chi connectivity index (χ2n) is 10.7. The van der Waals surface area contributed by atoms with Gasteiger partial charge in [-0.2, -0.15) is 18.2 Å². The molecule has 3 aromatic rings. The molecular weight excluding hydrogens is 599 g/mol. The number of aromatic nitrogens is 2. The average molecular weight is 635 g/mol. The maximum absolute atomic E-state index is 13.9. The van der Waals surface area contributed by atoms with Crippen molar-refractivity contribution in [3.8, 4) is 5.75 Å². The Morgan fingerprint density at radius 1 is 1.20 bits per heavy atom. The number of ether oxygens (including phenoxy) is 1. The van der Waals surface area contributed by atoms with Crippen LogP contribution < -0.4 is 25.0 Å². The Hall–Kier alpha value is -3.95. The molecule has 238 valence electrons. The van der Waals surface area contributed by atoms with Crippen LogP contribution in [0.4, 0.5) is 36.3 Å². The number of aryl methyl sites for hydroxylation is 2. The van der Waals surface area contributed by atoms with Crippen molar-refractivity contribution in [3.05, 3.63) is 64.3 Å². The number of amides is 1. The van der Waals surface area contributed by atoms with Gasteiger partial charge in [-0.25, -0.2) is 4.98 Å². The van der Waals surface area contributed by atoms with Gasteiger partial charge in [0.2, 0.25) is 5.95 Å². The first kappa shape index (κ1) is 33.0. The predicted octanol–water partition coefficient (Wildman–Crippen LogP) is 4.53. The highest BCUT2D eigenvalue weighted by atomic mass is 32.2. The van der Waals surface area contributed by atoms with Crippen LogP contribution in [-0.4, -0.2) is 69.9 Å². The van der Waals surface area contributed by atoms with E-state index in [2.05, 4.69) is 30.8 Å². The Labute approximate surface area is 256 Å². The van der Waals surface area contributed by atoms with E-state index < -0.39 is 28.8 Å². The van der Waals surface area contributed by atoms with Crippen molar-refractivity contribution in [2.45, 2.75) is 45.5 Å². The Bertz CT molecular complexity index is 1530. The van der Waals surface area contributed by atoms with Crippen molar-refractivity contribution in [2.24, 2.45) is 0 Å². The molecule has 4 rings (SSSR count). The molecule has 1 unspecified atom stereocenters. The van der Waals surface area contributed by atoms with Gasteiger partial charge >= 0.3 is 6.18 Å². The zero-order valence-corrected chi connectivity index (χ0v) is 25.9. The second-order valence-corrected chi connectivity index (χ2v) is 11.7. The number of methoxy groups -OCH3 is 1. The minimum atomic E-state index is -4.76. The fraction of sp³-hybridized carbons (Fsp3) is 0.414. The van der Waals surface area contributed by atoms with Crippen molar-refractivity contribution in [1.29, 1.82) is 0 Å². The molecule has 44 heavy (non-hydrogen) atoms. The predicted molar refractivity (Wildman–Crippen MR) is 162 cm³/mol. The third-order valence-corrected chi connectivity index (χ3v) is 8.08. The fourth-order valence-electron chi connectivity index (χ4n) is 4.90. The minimum Gasteiger partial charge on any atom is -0.755 e. The first-order valence-electron chi connectivity index (χ1n) is 13.8. The molecule has 15 heteroatoms. The van der Waals surface area contributed by atoms with E-state index in [9.17, 15) is 26.7 Å². The number of carbonyl (C=O) groups excluding carboxylic acids is 1. The molecule has 11 nitrogen and oxygen atoms in total. The molecule has 0 aliphatic carbocycles. The van der Waals surface area contributed by atoms with E-state index in [-0.39, 0.29) is 30.2 Å². The van der Waals surface area contributed by atoms with Gasteiger partial charge in [-0.1, -0.05) is 12.1 Å². The molecular formula is C29H35F3N7O4S-. The topological polar surface area (TPSA) is 135 Å². The molecule has 0 radical (unpaired) electrons. The molecule has 1 saturated heterocycles. The van der Waals surface area contributed by atoms with E-state index in [1.165, 1.54) is 14.2 Å². The first-order valence-corrected chi connectivity index (χ1v) is 14.9. The van der Waals surface area contributed by atoms with E-state index in [1.54, 1.807) is 44.2 Å². The van der Waals surface area contributed by atoms with Crippen molar-refractivity contribution in [2.75, 3.05) is 49.2 Å². The molecule has 1 aliphatic heterocycles. The number of carbonyl (C=O) groups is 1. The van der Waals surface area contributed by atoms with Crippen LogP contribution in [0.15, 0.2) is 36.5 Å². The smallest absolute Gasteiger partial charge is 0.421 e. The summed E-state index contributed by atoms with van der Waals surface area (Å²) < 4.78 is 71.3. The number of benzene rings is 2. The van der Waals surface area contributed by atoms with Crippen LogP contribution in [0.3, 0.4) is 0 Å². The Morgan fingerprint density at radius 2 is 1.91 bits per heavy atom. The molecule has 0 saturated carbocycles. The summed E-state index contributed by atoms with van der Waals surface area (Å²) in [6.45, 7) is 5.16. The number of anilines is 4. The number of hydrogen-bond donors (Lipinski definition) is 3. The number of piperidine rings is 1. The van der Waals surface area contributed by atoms with E-state index in [4.69, 9.17) is 4.74 Å². The standard InChI is InChI=1S/C29H36F3N7O4S/c1-17-6-7-19(24(12-17)39(4)44(41)42)15-33-26-22(29(30,31)32)16-34-28(37-26)36-23-13-18(2)21(14-25(23)43-5)27(40)35-20-8-10-38(3)11-9-20/h6-7,12-14,16,20H,8-11,15H2,1-5H3,(H,35,40)(H,41,42)(H2,33,34,36,37)/p-1. The zero-order valence-electron chi connectivity index (χ0n) is 25.0. The van der Waals surface area contributed by atoms with Crippen LogP contribution in [0.5, 0.6) is 5.75 Å². The van der Waals surface area contributed by atoms with Crippen molar-refractivity contribution >= 4 is 40.3 Å². The monoisotopic (exact) mass is 634 g/mol. The van der Waals surface area contributed by atoms with Crippen LogP contribution in [0.2, 0.25) is 0 Å². The number of alkyl halides is 3. The number of rotatable bonds is 10. The number of nitrogens with one attached hydrogen (secondary N) is 3. The lowest BCUT2D eigenvalue weighted by molar-refractivity contribution is -0.137. The summed E-state index contributed by atoms with van der Waals surface area (Å²) in [5.74, 6) is -0.609. The minimum absolute atomic E-state index is 0.0622. The number of likely N-dealkylation sites (tertiary alicyclic amines) is 1. The van der Waals surface area contributed by atoms with Crippen molar-refractivity contribution < 1.29 is 31.5 Å². The molecule has 1 amide bonds. The zero-order chi connectivity index (χ0) is 32.2. The third kappa shape index (κ3) is 7.95. The summed E-state index contributed by atoms with van der Waals surface area (Å²) >= 11 is -2.59. The van der Waals surface area contributed by atoms with Crippen LogP contribution >= 0.6 is 0 Å². The van der Waals surface area contributed by atoms with Gasteiger partial charge in [-0.05, 0) is 81.7 Å². The van der Waals surface area contributed by atoms with Gasteiger partial charge in [0.1, 0.15) is 17.1 Å². The molecule has 1 fully saturated rings. The average Bonchev–Trinajstić information content (AvgIpc) is 2.96. The second kappa shape index (κ2) is 13.8. The van der Waals surface area contributed by atoms with E-state index in [0.29, 0.717) is 34.3 Å². The quantitative estimate of drug-likeness (QED) is 0.275. The molecule has 2 aromatic carbocycles. The lowest BCUT2D eigenvalue weighted by Gasteiger charge is -2.29. The van der Waals surface area contributed by atoms with E-state index >= 15 is 0 Å². The Morgan fingerprint density at radius 3 is 2.55 bits per heavy atom. The summed E-state index contributed by atoms with van der Waals surface area (Å²) in [7, 11) is 4.80. The van der Waals surface area contributed by atoms with Crippen molar-refractivity contribution in [3.63, 3.8) is 0 Å². The summed E-state index contributed by atoms with van der Waals surface area (Å²) in [4.78, 5) is 23.2. The Kier molecular flexibility index (Phi) is 10.3. The highest BCUT2D eigenvalue weighted by Crippen LogP contribution is 2.36. The summed E-state index contributed by atoms with van der Waals surface area (Å²) in [6, 6.07) is 8.26. The maximum atomic E-state index is 13.9. The Balaban J connectivity index is 1.59. The highest BCUT2D eigenvalue weighted by molar-refractivity contribution is 7.80. The van der Waals surface area contributed by atoms with Crippen molar-refractivity contribution in [1.82, 2.24) is 20.2 Å². The van der Waals surface area contributed by atoms with E-state index in [0.717, 1.165) is 35.8 Å². The van der Waals surface area contributed by atoms with Gasteiger partial charge in [0.05, 0.1) is 18.5 Å². The van der Waals surface area contributed by atoms with Gasteiger partial charge in [0.25, 0.3) is 5.91 Å². The van der Waals surface area contributed by atoms with Gasteiger partial charge in [-0.3, -0.25) is 9.00 Å². The lowest BCUT2D eigenvalue weighted by Crippen LogP contribution is -2.43. The van der Waals surface area contributed by atoms with Crippen LogP contribution in [0.1, 0.15) is 45.5 Å². The maximum Gasteiger partial charge on any atom is 0.421 e. The lowest BCUT2D eigenvalue weighted by atomic mass is 10.0. The van der Waals surface area contributed by atoms with Gasteiger partial charge in [0, 0.05) is 42.7 Å². The summed E-state index contributed by atoms with van der Waals surface area (Å²) in [5, 5.41) is 8.67. The van der Waals surface area contributed by atoms with Crippen LogP contribution in [0.25, 0.3) is 0 Å². The highest BCUT2D eigenvalue weighted by Gasteiger charge is 2.35. The number of halogens is 3. The molecule has 1 atom stereocenters. The fourth-order valence-corrected chi connectivity index (χ4v) is 5.23. The molecule has 2 heterocycles. The number of nitrogens with zero attached hydrogens (tertiary/aromatic N) is 4. The SMILES string of the molecule is COc1cc(C(=O)NC2CCN(C)CC2)c(C)cc1Nc1ncc(C(F)(F)F)c(NCc2ccc(C)cc2N(C)S(=O)[O-])n1. The van der Waals surface area contributed by atoms with Crippen LogP contribution in [-0.2, 0) is 24.0 Å².